The van der Waals surface area contributed by atoms with Gasteiger partial charge in [0.05, 0.1) is 18.9 Å². The van der Waals surface area contributed by atoms with Crippen molar-refractivity contribution in [3.63, 3.8) is 0 Å². The molecule has 10 heteroatoms. The molecule has 2 aromatic heterocycles. The van der Waals surface area contributed by atoms with Crippen molar-refractivity contribution in [1.82, 2.24) is 14.1 Å². The van der Waals surface area contributed by atoms with Crippen LogP contribution in [0.4, 0.5) is 4.39 Å². The highest BCUT2D eigenvalue weighted by Crippen LogP contribution is 2.36. The summed E-state index contributed by atoms with van der Waals surface area (Å²) in [5.41, 5.74) is -1.19. The maximum absolute atomic E-state index is 14.2. The third-order valence-electron chi connectivity index (χ3n) is 3.63. The molecule has 1 aliphatic rings. The standard InChI is InChI=1S/C14H13FN4O4S/c1-2-23-13(20)12-17-6-11-10(15)5-9(7-19(11)12)24(21,22)18-14(8-16)3-4-14/h5-7,18H,2-4H2,1H3. The van der Waals surface area contributed by atoms with Crippen LogP contribution in [0.2, 0.25) is 0 Å². The fourth-order valence-electron chi connectivity index (χ4n) is 2.20. The Bertz CT molecular complexity index is 973. The number of pyridine rings is 1. The number of ether oxygens (including phenoxy) is 1. The Balaban J connectivity index is 2.08. The Morgan fingerprint density at radius 1 is 1.58 bits per heavy atom. The van der Waals surface area contributed by atoms with Gasteiger partial charge in [-0.05, 0) is 25.8 Å². The molecule has 0 saturated heterocycles. The van der Waals surface area contributed by atoms with Crippen molar-refractivity contribution in [3.8, 4) is 6.07 Å². The van der Waals surface area contributed by atoms with Crippen molar-refractivity contribution >= 4 is 21.5 Å². The van der Waals surface area contributed by atoms with Gasteiger partial charge >= 0.3 is 5.97 Å². The quantitative estimate of drug-likeness (QED) is 0.803. The maximum Gasteiger partial charge on any atom is 0.374 e. The molecule has 1 N–H and O–H groups in total. The Morgan fingerprint density at radius 2 is 2.29 bits per heavy atom. The minimum absolute atomic E-state index is 0.0570. The van der Waals surface area contributed by atoms with E-state index in [1.54, 1.807) is 6.92 Å². The number of hydrogen-bond acceptors (Lipinski definition) is 6. The van der Waals surface area contributed by atoms with Crippen LogP contribution in [0.3, 0.4) is 0 Å². The number of hydrogen-bond donors (Lipinski definition) is 1. The van der Waals surface area contributed by atoms with E-state index in [1.807, 2.05) is 6.07 Å². The van der Waals surface area contributed by atoms with Crippen molar-refractivity contribution in [2.24, 2.45) is 0 Å². The van der Waals surface area contributed by atoms with Crippen LogP contribution >= 0.6 is 0 Å². The Labute approximate surface area is 136 Å². The molecule has 0 spiro atoms. The van der Waals surface area contributed by atoms with Gasteiger partial charge in [0, 0.05) is 6.20 Å². The minimum Gasteiger partial charge on any atom is -0.460 e. The van der Waals surface area contributed by atoms with Crippen molar-refractivity contribution in [1.29, 1.82) is 5.26 Å². The summed E-state index contributed by atoms with van der Waals surface area (Å²) in [6.45, 7) is 1.70. The first-order chi connectivity index (χ1) is 11.3. The second-order valence-corrected chi connectivity index (χ2v) is 7.06. The second kappa shape index (κ2) is 5.54. The van der Waals surface area contributed by atoms with Crippen LogP contribution in [0.1, 0.15) is 30.4 Å². The Hall–Kier alpha value is -2.51. The van der Waals surface area contributed by atoms with Crippen LogP contribution < -0.4 is 4.72 Å². The first-order valence-corrected chi connectivity index (χ1v) is 8.59. The highest BCUT2D eigenvalue weighted by molar-refractivity contribution is 7.89. The molecule has 8 nitrogen and oxygen atoms in total. The third-order valence-corrected chi connectivity index (χ3v) is 5.13. The summed E-state index contributed by atoms with van der Waals surface area (Å²) < 4.78 is 47.1. The number of carbonyl (C=O) groups excluding carboxylic acids is 1. The van der Waals surface area contributed by atoms with Gasteiger partial charge in [0.2, 0.25) is 15.8 Å². The van der Waals surface area contributed by atoms with Crippen LogP contribution in [0, 0.1) is 17.1 Å². The highest BCUT2D eigenvalue weighted by Gasteiger charge is 2.47. The van der Waals surface area contributed by atoms with Gasteiger partial charge in [-0.25, -0.2) is 22.6 Å². The predicted octanol–water partition coefficient (Wildman–Crippen LogP) is 0.985. The van der Waals surface area contributed by atoms with Gasteiger partial charge in [-0.15, -0.1) is 0 Å². The molecule has 0 amide bonds. The number of rotatable bonds is 5. The van der Waals surface area contributed by atoms with E-state index >= 15 is 0 Å². The molecule has 1 aliphatic carbocycles. The summed E-state index contributed by atoms with van der Waals surface area (Å²) in [6.07, 6.45) is 2.98. The normalized spacial score (nSPS) is 15.9. The summed E-state index contributed by atoms with van der Waals surface area (Å²) in [4.78, 5) is 15.2. The van der Waals surface area contributed by atoms with E-state index in [2.05, 4.69) is 9.71 Å². The lowest BCUT2D eigenvalue weighted by atomic mass is 10.3. The zero-order chi connectivity index (χ0) is 17.5. The number of fused-ring (bicyclic) bond motifs is 1. The molecule has 0 bridgehead atoms. The van der Waals surface area contributed by atoms with Crippen molar-refractivity contribution in [2.75, 3.05) is 6.61 Å². The second-order valence-electron chi connectivity index (χ2n) is 5.38. The molecule has 0 aliphatic heterocycles. The predicted molar refractivity (Wildman–Crippen MR) is 79.0 cm³/mol. The van der Waals surface area contributed by atoms with E-state index < -0.39 is 32.2 Å². The lowest BCUT2D eigenvalue weighted by molar-refractivity contribution is 0.0511. The lowest BCUT2D eigenvalue weighted by Gasteiger charge is -2.11. The number of nitrogens with one attached hydrogen (secondary N) is 1. The van der Waals surface area contributed by atoms with Crippen LogP contribution in [0.15, 0.2) is 23.4 Å². The molecule has 126 valence electrons. The molecule has 0 unspecified atom stereocenters. The minimum atomic E-state index is -4.13. The topological polar surface area (TPSA) is 114 Å². The van der Waals surface area contributed by atoms with Gasteiger partial charge in [-0.2, -0.15) is 9.98 Å². The number of sulfonamides is 1. The molecular weight excluding hydrogens is 339 g/mol. The zero-order valence-corrected chi connectivity index (χ0v) is 13.4. The van der Waals surface area contributed by atoms with E-state index in [-0.39, 0.29) is 17.9 Å². The van der Waals surface area contributed by atoms with Gasteiger partial charge in [0.25, 0.3) is 0 Å². The lowest BCUT2D eigenvalue weighted by Crippen LogP contribution is -2.35. The average molecular weight is 352 g/mol. The summed E-state index contributed by atoms with van der Waals surface area (Å²) in [6, 6.07) is 2.72. The van der Waals surface area contributed by atoms with E-state index in [1.165, 1.54) is 0 Å². The first kappa shape index (κ1) is 16.4. The molecule has 0 aromatic carbocycles. The van der Waals surface area contributed by atoms with E-state index in [0.29, 0.717) is 12.8 Å². The summed E-state index contributed by atoms with van der Waals surface area (Å²) in [7, 11) is -4.13. The molecule has 0 atom stereocenters. The van der Waals surface area contributed by atoms with Gasteiger partial charge in [-0.3, -0.25) is 4.40 Å². The van der Waals surface area contributed by atoms with E-state index in [0.717, 1.165) is 22.9 Å². The van der Waals surface area contributed by atoms with Crippen LogP contribution in [-0.4, -0.2) is 35.9 Å². The average Bonchev–Trinajstić information content (AvgIpc) is 3.15. The van der Waals surface area contributed by atoms with Crippen LogP contribution in [0.5, 0.6) is 0 Å². The highest BCUT2D eigenvalue weighted by atomic mass is 32.2. The summed E-state index contributed by atoms with van der Waals surface area (Å²) >= 11 is 0. The smallest absolute Gasteiger partial charge is 0.374 e. The van der Waals surface area contributed by atoms with Crippen LogP contribution in [-0.2, 0) is 14.8 Å². The molecule has 2 heterocycles. The first-order valence-electron chi connectivity index (χ1n) is 7.11. The number of nitrogens with zero attached hydrogens (tertiary/aromatic N) is 3. The zero-order valence-electron chi connectivity index (χ0n) is 12.6. The van der Waals surface area contributed by atoms with E-state index in [4.69, 9.17) is 10.00 Å². The monoisotopic (exact) mass is 352 g/mol. The molecule has 1 fully saturated rings. The molecule has 24 heavy (non-hydrogen) atoms. The van der Waals surface area contributed by atoms with Gasteiger partial charge in [0.1, 0.15) is 21.8 Å². The molecular formula is C14H13FN4O4S. The third kappa shape index (κ3) is 2.72. The maximum atomic E-state index is 14.2. The number of nitriles is 1. The van der Waals surface area contributed by atoms with Gasteiger partial charge in [0.15, 0.2) is 0 Å². The largest absolute Gasteiger partial charge is 0.460 e. The molecule has 1 saturated carbocycles. The van der Waals surface area contributed by atoms with Crippen molar-refractivity contribution in [3.05, 3.63) is 30.1 Å². The Morgan fingerprint density at radius 3 is 2.88 bits per heavy atom. The number of esters is 1. The fourth-order valence-corrected chi connectivity index (χ4v) is 3.59. The van der Waals surface area contributed by atoms with Crippen LogP contribution in [0.25, 0.3) is 5.52 Å². The van der Waals surface area contributed by atoms with E-state index in [9.17, 15) is 17.6 Å². The molecule has 3 rings (SSSR count). The Kier molecular flexibility index (Phi) is 3.77. The fraction of sp³-hybridized carbons (Fsp3) is 0.357. The SMILES string of the molecule is CCOC(=O)c1ncc2c(F)cc(S(=O)(=O)NC3(C#N)CC3)cn12. The number of imidazole rings is 1. The number of carbonyl (C=O) groups is 1. The summed E-state index contributed by atoms with van der Waals surface area (Å²) in [5.74, 6) is -1.89. The number of halogens is 1. The molecule has 0 radical (unpaired) electrons. The van der Waals surface area contributed by atoms with Crippen molar-refractivity contribution < 1.29 is 22.3 Å². The van der Waals surface area contributed by atoms with Gasteiger partial charge < -0.3 is 4.74 Å². The van der Waals surface area contributed by atoms with Gasteiger partial charge in [-0.1, -0.05) is 0 Å². The van der Waals surface area contributed by atoms with Crippen molar-refractivity contribution in [2.45, 2.75) is 30.2 Å². The number of aromatic nitrogens is 2. The summed E-state index contributed by atoms with van der Waals surface area (Å²) in [5, 5.41) is 9.01. The molecule has 2 aromatic rings.